The van der Waals surface area contributed by atoms with Gasteiger partial charge in [-0.3, -0.25) is 9.07 Å². The van der Waals surface area contributed by atoms with E-state index in [1.54, 1.807) is 6.20 Å². The molecule has 1 rings (SSSR count). The molecule has 0 aliphatic rings. The van der Waals surface area contributed by atoms with Gasteiger partial charge < -0.3 is 5.32 Å². The third-order valence-electron chi connectivity index (χ3n) is 1.90. The summed E-state index contributed by atoms with van der Waals surface area (Å²) in [6.45, 7) is 4.18. The Balaban J connectivity index is 2.27. The number of aromatic nitrogens is 2. The Morgan fingerprint density at radius 1 is 1.62 bits per heavy atom. The smallest absolute Gasteiger partial charge is 0.0906 e. The number of hydrogen-bond donors (Lipinski definition) is 1. The van der Waals surface area contributed by atoms with Crippen LogP contribution in [0.1, 0.15) is 19.0 Å². The summed E-state index contributed by atoms with van der Waals surface area (Å²) < 4.78 is 13.7. The predicted octanol–water partition coefficient (Wildman–Crippen LogP) is 1.35. The molecule has 0 fully saturated rings. The van der Waals surface area contributed by atoms with Gasteiger partial charge in [-0.05, 0) is 26.0 Å². The Morgan fingerprint density at radius 2 is 2.46 bits per heavy atom. The standard InChI is InChI=1S/C9H16FN3/c1-2-13-9(4-7-12-13)8-11-6-3-5-10/h4,7,11H,2-3,5-6,8H2,1H3. The van der Waals surface area contributed by atoms with Crippen LogP contribution < -0.4 is 5.32 Å². The average molecular weight is 185 g/mol. The highest BCUT2D eigenvalue weighted by Crippen LogP contribution is 1.97. The van der Waals surface area contributed by atoms with Crippen molar-refractivity contribution in [3.05, 3.63) is 18.0 Å². The highest BCUT2D eigenvalue weighted by molar-refractivity contribution is 4.99. The van der Waals surface area contributed by atoms with Crippen molar-refractivity contribution >= 4 is 0 Å². The van der Waals surface area contributed by atoms with Gasteiger partial charge in [0, 0.05) is 19.3 Å². The fourth-order valence-electron chi connectivity index (χ4n) is 1.20. The minimum atomic E-state index is -0.250. The maximum Gasteiger partial charge on any atom is 0.0906 e. The van der Waals surface area contributed by atoms with E-state index in [-0.39, 0.29) is 6.67 Å². The molecular formula is C9H16FN3. The number of nitrogens with zero attached hydrogens (tertiary/aromatic N) is 2. The van der Waals surface area contributed by atoms with Crippen molar-refractivity contribution < 1.29 is 4.39 Å². The van der Waals surface area contributed by atoms with Gasteiger partial charge in [-0.2, -0.15) is 5.10 Å². The SMILES string of the molecule is CCn1nccc1CNCCCF. The van der Waals surface area contributed by atoms with Crippen molar-refractivity contribution in [2.75, 3.05) is 13.2 Å². The van der Waals surface area contributed by atoms with E-state index in [0.29, 0.717) is 6.42 Å². The van der Waals surface area contributed by atoms with Crippen molar-refractivity contribution in [3.8, 4) is 0 Å². The van der Waals surface area contributed by atoms with E-state index >= 15 is 0 Å². The predicted molar refractivity (Wildman–Crippen MR) is 50.2 cm³/mol. The van der Waals surface area contributed by atoms with Crippen LogP contribution in [-0.4, -0.2) is 23.0 Å². The van der Waals surface area contributed by atoms with Gasteiger partial charge in [0.25, 0.3) is 0 Å². The molecule has 0 aromatic carbocycles. The first kappa shape index (κ1) is 10.2. The van der Waals surface area contributed by atoms with Gasteiger partial charge in [0.2, 0.25) is 0 Å². The lowest BCUT2D eigenvalue weighted by molar-refractivity contribution is 0.456. The summed E-state index contributed by atoms with van der Waals surface area (Å²) in [5, 5.41) is 7.30. The topological polar surface area (TPSA) is 29.9 Å². The quantitative estimate of drug-likeness (QED) is 0.678. The van der Waals surface area contributed by atoms with Gasteiger partial charge in [-0.25, -0.2) is 0 Å². The second-order valence-corrected chi connectivity index (χ2v) is 2.86. The summed E-state index contributed by atoms with van der Waals surface area (Å²) in [5.41, 5.74) is 1.15. The molecule has 0 aliphatic heterocycles. The van der Waals surface area contributed by atoms with Crippen LogP contribution in [-0.2, 0) is 13.1 Å². The Hall–Kier alpha value is -0.900. The Labute approximate surface area is 77.9 Å². The van der Waals surface area contributed by atoms with Crippen LogP contribution in [0.3, 0.4) is 0 Å². The summed E-state index contributed by atoms with van der Waals surface area (Å²) in [6, 6.07) is 1.98. The molecule has 1 aromatic heterocycles. The van der Waals surface area contributed by atoms with Crippen LogP contribution in [0.4, 0.5) is 4.39 Å². The highest BCUT2D eigenvalue weighted by atomic mass is 19.1. The van der Waals surface area contributed by atoms with E-state index in [1.807, 2.05) is 10.7 Å². The molecule has 13 heavy (non-hydrogen) atoms. The first-order valence-corrected chi connectivity index (χ1v) is 4.66. The Morgan fingerprint density at radius 3 is 3.15 bits per heavy atom. The Kier molecular flexibility index (Phi) is 4.46. The molecule has 0 amide bonds. The summed E-state index contributed by atoms with van der Waals surface area (Å²) >= 11 is 0. The number of alkyl halides is 1. The number of halogens is 1. The summed E-state index contributed by atoms with van der Waals surface area (Å²) in [5.74, 6) is 0. The molecule has 0 bridgehead atoms. The van der Waals surface area contributed by atoms with Crippen molar-refractivity contribution in [2.24, 2.45) is 0 Å². The third-order valence-corrected chi connectivity index (χ3v) is 1.90. The van der Waals surface area contributed by atoms with E-state index in [1.165, 1.54) is 0 Å². The molecule has 1 heterocycles. The van der Waals surface area contributed by atoms with E-state index in [4.69, 9.17) is 0 Å². The second kappa shape index (κ2) is 5.70. The minimum absolute atomic E-state index is 0.250. The number of hydrogen-bond acceptors (Lipinski definition) is 2. The van der Waals surface area contributed by atoms with Gasteiger partial charge in [-0.1, -0.05) is 0 Å². The highest BCUT2D eigenvalue weighted by Gasteiger charge is 1.98. The largest absolute Gasteiger partial charge is 0.311 e. The molecule has 4 heteroatoms. The van der Waals surface area contributed by atoms with E-state index in [9.17, 15) is 4.39 Å². The molecule has 0 saturated heterocycles. The first-order chi connectivity index (χ1) is 6.38. The number of aryl methyl sites for hydroxylation is 1. The van der Waals surface area contributed by atoms with Gasteiger partial charge in [0.05, 0.1) is 12.4 Å². The maximum absolute atomic E-state index is 11.7. The first-order valence-electron chi connectivity index (χ1n) is 4.66. The van der Waals surface area contributed by atoms with Gasteiger partial charge in [0.1, 0.15) is 0 Å². The van der Waals surface area contributed by atoms with E-state index in [0.717, 1.165) is 25.3 Å². The molecule has 0 radical (unpaired) electrons. The van der Waals surface area contributed by atoms with Crippen molar-refractivity contribution in [3.63, 3.8) is 0 Å². The summed E-state index contributed by atoms with van der Waals surface area (Å²) in [6.07, 6.45) is 2.37. The van der Waals surface area contributed by atoms with Crippen LogP contribution in [0.5, 0.6) is 0 Å². The lowest BCUT2D eigenvalue weighted by Gasteiger charge is -2.05. The monoisotopic (exact) mass is 185 g/mol. The van der Waals surface area contributed by atoms with Crippen LogP contribution in [0.25, 0.3) is 0 Å². The fraction of sp³-hybridized carbons (Fsp3) is 0.667. The molecule has 1 aromatic rings. The molecule has 0 atom stereocenters. The van der Waals surface area contributed by atoms with E-state index in [2.05, 4.69) is 17.3 Å². The minimum Gasteiger partial charge on any atom is -0.311 e. The van der Waals surface area contributed by atoms with Crippen LogP contribution in [0, 0.1) is 0 Å². The zero-order valence-corrected chi connectivity index (χ0v) is 7.96. The normalized spacial score (nSPS) is 10.6. The zero-order chi connectivity index (χ0) is 9.52. The number of rotatable bonds is 6. The van der Waals surface area contributed by atoms with Gasteiger partial charge in [0.15, 0.2) is 0 Å². The van der Waals surface area contributed by atoms with Crippen molar-refractivity contribution in [1.82, 2.24) is 15.1 Å². The fourth-order valence-corrected chi connectivity index (χ4v) is 1.20. The lowest BCUT2D eigenvalue weighted by Crippen LogP contribution is -2.18. The van der Waals surface area contributed by atoms with Gasteiger partial charge in [-0.15, -0.1) is 0 Å². The molecule has 3 nitrogen and oxygen atoms in total. The molecular weight excluding hydrogens is 169 g/mol. The molecule has 1 N–H and O–H groups in total. The summed E-state index contributed by atoms with van der Waals surface area (Å²) in [4.78, 5) is 0. The van der Waals surface area contributed by atoms with Crippen LogP contribution >= 0.6 is 0 Å². The molecule has 0 aliphatic carbocycles. The number of nitrogens with one attached hydrogen (secondary N) is 1. The Bertz CT molecular complexity index is 235. The third kappa shape index (κ3) is 3.14. The second-order valence-electron chi connectivity index (χ2n) is 2.86. The lowest BCUT2D eigenvalue weighted by atomic mass is 10.4. The summed E-state index contributed by atoms with van der Waals surface area (Å²) in [7, 11) is 0. The maximum atomic E-state index is 11.7. The molecule has 74 valence electrons. The van der Waals surface area contributed by atoms with Crippen LogP contribution in [0.15, 0.2) is 12.3 Å². The van der Waals surface area contributed by atoms with E-state index < -0.39 is 0 Å². The molecule has 0 unspecified atom stereocenters. The van der Waals surface area contributed by atoms with Crippen molar-refractivity contribution in [1.29, 1.82) is 0 Å². The van der Waals surface area contributed by atoms with Crippen molar-refractivity contribution in [2.45, 2.75) is 26.4 Å². The molecule has 0 spiro atoms. The molecule has 0 saturated carbocycles. The van der Waals surface area contributed by atoms with Gasteiger partial charge >= 0.3 is 0 Å². The average Bonchev–Trinajstić information content (AvgIpc) is 2.60. The zero-order valence-electron chi connectivity index (χ0n) is 7.96. The van der Waals surface area contributed by atoms with Crippen LogP contribution in [0.2, 0.25) is 0 Å².